The van der Waals surface area contributed by atoms with Crippen LogP contribution in [0.25, 0.3) is 22.3 Å². The standard InChI is InChI=1S/C26H30O2/c1-5-19(3)27-25-15-11-23(12-16-25)21-7-9-22(10-8-21)24-13-17-26(18-14-24)28-20(4)6-2/h7-20H,5-6H2,1-4H3/t19-,20-/m0/s1. The van der Waals surface area contributed by atoms with Crippen LogP contribution < -0.4 is 9.47 Å². The molecule has 0 N–H and O–H groups in total. The maximum atomic E-state index is 5.86. The Labute approximate surface area is 169 Å². The average molecular weight is 375 g/mol. The molecule has 0 bridgehead atoms. The summed E-state index contributed by atoms with van der Waals surface area (Å²) in [6.07, 6.45) is 2.50. The lowest BCUT2D eigenvalue weighted by molar-refractivity contribution is 0.217. The fourth-order valence-electron chi connectivity index (χ4n) is 2.94. The molecule has 0 unspecified atom stereocenters. The quantitative estimate of drug-likeness (QED) is 0.409. The van der Waals surface area contributed by atoms with E-state index in [0.29, 0.717) is 0 Å². The van der Waals surface area contributed by atoms with Crippen molar-refractivity contribution in [2.24, 2.45) is 0 Å². The van der Waals surface area contributed by atoms with Gasteiger partial charge in [0.1, 0.15) is 11.5 Å². The molecule has 3 rings (SSSR count). The van der Waals surface area contributed by atoms with E-state index in [-0.39, 0.29) is 12.2 Å². The number of benzene rings is 3. The van der Waals surface area contributed by atoms with Crippen molar-refractivity contribution in [1.29, 1.82) is 0 Å². The predicted octanol–water partition coefficient (Wildman–Crippen LogP) is 7.38. The van der Waals surface area contributed by atoms with Crippen LogP contribution in [-0.2, 0) is 0 Å². The van der Waals surface area contributed by atoms with Crippen molar-refractivity contribution in [2.45, 2.75) is 52.7 Å². The molecule has 0 aliphatic rings. The number of hydrogen-bond donors (Lipinski definition) is 0. The first kappa shape index (κ1) is 20.0. The van der Waals surface area contributed by atoms with Crippen LogP contribution in [0.2, 0.25) is 0 Å². The second-order valence-electron chi connectivity index (χ2n) is 7.30. The molecule has 0 radical (unpaired) electrons. The number of ether oxygens (including phenoxy) is 2. The van der Waals surface area contributed by atoms with E-state index >= 15 is 0 Å². The summed E-state index contributed by atoms with van der Waals surface area (Å²) in [5.74, 6) is 1.85. The topological polar surface area (TPSA) is 18.5 Å². The molecule has 0 fully saturated rings. The molecule has 0 aliphatic carbocycles. The lowest BCUT2D eigenvalue weighted by atomic mass is 10.0. The van der Waals surface area contributed by atoms with Crippen molar-refractivity contribution in [1.82, 2.24) is 0 Å². The lowest BCUT2D eigenvalue weighted by Crippen LogP contribution is -2.09. The zero-order chi connectivity index (χ0) is 19.9. The van der Waals surface area contributed by atoms with Crippen molar-refractivity contribution in [3.63, 3.8) is 0 Å². The van der Waals surface area contributed by atoms with Crippen LogP contribution in [0.1, 0.15) is 40.5 Å². The highest BCUT2D eigenvalue weighted by molar-refractivity contribution is 5.71. The van der Waals surface area contributed by atoms with Crippen LogP contribution in [0.3, 0.4) is 0 Å². The second-order valence-corrected chi connectivity index (χ2v) is 7.30. The molecule has 0 saturated carbocycles. The van der Waals surface area contributed by atoms with Gasteiger partial charge in [0.05, 0.1) is 12.2 Å². The van der Waals surface area contributed by atoms with Crippen molar-refractivity contribution in [3.05, 3.63) is 72.8 Å². The largest absolute Gasteiger partial charge is 0.491 e. The zero-order valence-electron chi connectivity index (χ0n) is 17.3. The summed E-state index contributed by atoms with van der Waals surface area (Å²) >= 11 is 0. The minimum absolute atomic E-state index is 0.243. The molecule has 0 saturated heterocycles. The summed E-state index contributed by atoms with van der Waals surface area (Å²) in [6.45, 7) is 8.45. The summed E-state index contributed by atoms with van der Waals surface area (Å²) in [7, 11) is 0. The zero-order valence-corrected chi connectivity index (χ0v) is 17.3. The monoisotopic (exact) mass is 374 g/mol. The third-order valence-corrected chi connectivity index (χ3v) is 5.08. The minimum atomic E-state index is 0.243. The van der Waals surface area contributed by atoms with Gasteiger partial charge < -0.3 is 9.47 Å². The van der Waals surface area contributed by atoms with Crippen LogP contribution in [0.15, 0.2) is 72.8 Å². The van der Waals surface area contributed by atoms with Crippen molar-refractivity contribution in [3.8, 4) is 33.8 Å². The van der Waals surface area contributed by atoms with Crippen molar-refractivity contribution >= 4 is 0 Å². The molecule has 0 heterocycles. The van der Waals surface area contributed by atoms with E-state index in [2.05, 4.69) is 76.2 Å². The Balaban J connectivity index is 1.69. The van der Waals surface area contributed by atoms with E-state index in [1.807, 2.05) is 24.3 Å². The molecular formula is C26H30O2. The fraction of sp³-hybridized carbons (Fsp3) is 0.308. The first-order valence-corrected chi connectivity index (χ1v) is 10.2. The molecule has 0 aliphatic heterocycles. The van der Waals surface area contributed by atoms with Gasteiger partial charge in [-0.25, -0.2) is 0 Å². The molecule has 0 spiro atoms. The molecule has 0 aromatic heterocycles. The molecule has 146 valence electrons. The third kappa shape index (κ3) is 5.16. The maximum absolute atomic E-state index is 5.86. The second kappa shape index (κ2) is 9.45. The van der Waals surface area contributed by atoms with Gasteiger partial charge in [-0.05, 0) is 73.2 Å². The van der Waals surface area contributed by atoms with E-state index in [1.165, 1.54) is 22.3 Å². The minimum Gasteiger partial charge on any atom is -0.491 e. The fourth-order valence-corrected chi connectivity index (χ4v) is 2.94. The number of hydrogen-bond acceptors (Lipinski definition) is 2. The normalized spacial score (nSPS) is 13.0. The molecule has 2 nitrogen and oxygen atoms in total. The highest BCUT2D eigenvalue weighted by Crippen LogP contribution is 2.28. The van der Waals surface area contributed by atoms with E-state index in [4.69, 9.17) is 9.47 Å². The highest BCUT2D eigenvalue weighted by atomic mass is 16.5. The maximum Gasteiger partial charge on any atom is 0.119 e. The first-order chi connectivity index (χ1) is 13.6. The molecule has 2 atom stereocenters. The van der Waals surface area contributed by atoms with Crippen molar-refractivity contribution in [2.75, 3.05) is 0 Å². The van der Waals surface area contributed by atoms with Crippen LogP contribution in [0, 0.1) is 0 Å². The van der Waals surface area contributed by atoms with Gasteiger partial charge in [-0.1, -0.05) is 62.4 Å². The third-order valence-electron chi connectivity index (χ3n) is 5.08. The Morgan fingerprint density at radius 1 is 0.500 bits per heavy atom. The molecule has 2 heteroatoms. The van der Waals surface area contributed by atoms with Gasteiger partial charge in [0.25, 0.3) is 0 Å². The van der Waals surface area contributed by atoms with Gasteiger partial charge >= 0.3 is 0 Å². The Morgan fingerprint density at radius 3 is 1.00 bits per heavy atom. The van der Waals surface area contributed by atoms with Crippen LogP contribution in [0.5, 0.6) is 11.5 Å². The van der Waals surface area contributed by atoms with Crippen molar-refractivity contribution < 1.29 is 9.47 Å². The summed E-state index contributed by atoms with van der Waals surface area (Å²) in [5.41, 5.74) is 4.80. The van der Waals surface area contributed by atoms with Gasteiger partial charge in [-0.2, -0.15) is 0 Å². The predicted molar refractivity (Wildman–Crippen MR) is 118 cm³/mol. The Bertz CT molecular complexity index is 774. The first-order valence-electron chi connectivity index (χ1n) is 10.2. The molecule has 3 aromatic rings. The average Bonchev–Trinajstić information content (AvgIpc) is 2.75. The van der Waals surface area contributed by atoms with E-state index in [0.717, 1.165) is 24.3 Å². The summed E-state index contributed by atoms with van der Waals surface area (Å²) in [4.78, 5) is 0. The Kier molecular flexibility index (Phi) is 6.76. The van der Waals surface area contributed by atoms with Crippen LogP contribution >= 0.6 is 0 Å². The van der Waals surface area contributed by atoms with Gasteiger partial charge in [-0.3, -0.25) is 0 Å². The molecular weight excluding hydrogens is 344 g/mol. The molecule has 28 heavy (non-hydrogen) atoms. The SMILES string of the molecule is CC[C@H](C)Oc1ccc(-c2ccc(-c3ccc(O[C@@H](C)CC)cc3)cc2)cc1. The molecule has 3 aromatic carbocycles. The van der Waals surface area contributed by atoms with E-state index < -0.39 is 0 Å². The smallest absolute Gasteiger partial charge is 0.119 e. The van der Waals surface area contributed by atoms with Gasteiger partial charge in [0.15, 0.2) is 0 Å². The Morgan fingerprint density at radius 2 is 0.750 bits per heavy atom. The molecule has 0 amide bonds. The summed E-state index contributed by atoms with van der Waals surface area (Å²) in [6, 6.07) is 25.3. The van der Waals surface area contributed by atoms with E-state index in [9.17, 15) is 0 Å². The van der Waals surface area contributed by atoms with Crippen LogP contribution in [0.4, 0.5) is 0 Å². The van der Waals surface area contributed by atoms with Gasteiger partial charge in [0, 0.05) is 0 Å². The van der Waals surface area contributed by atoms with Gasteiger partial charge in [-0.15, -0.1) is 0 Å². The van der Waals surface area contributed by atoms with E-state index in [1.54, 1.807) is 0 Å². The highest BCUT2D eigenvalue weighted by Gasteiger charge is 2.05. The number of rotatable bonds is 8. The summed E-state index contributed by atoms with van der Waals surface area (Å²) in [5, 5.41) is 0. The van der Waals surface area contributed by atoms with Gasteiger partial charge in [0.2, 0.25) is 0 Å². The lowest BCUT2D eigenvalue weighted by Gasteiger charge is -2.13. The Hall–Kier alpha value is -2.74. The van der Waals surface area contributed by atoms with Crippen LogP contribution in [-0.4, -0.2) is 12.2 Å². The summed E-state index contributed by atoms with van der Waals surface area (Å²) < 4.78 is 11.7.